The summed E-state index contributed by atoms with van der Waals surface area (Å²) in [5, 5.41) is 2.77. The fourth-order valence-corrected chi connectivity index (χ4v) is 3.83. The van der Waals surface area contributed by atoms with E-state index in [9.17, 15) is 13.2 Å². The molecule has 1 amide bonds. The van der Waals surface area contributed by atoms with Gasteiger partial charge in [0.25, 0.3) is 0 Å². The fourth-order valence-electron chi connectivity index (χ4n) is 2.75. The lowest BCUT2D eigenvalue weighted by molar-refractivity contribution is -0.122. The van der Waals surface area contributed by atoms with Crippen LogP contribution in [0.1, 0.15) is 44.2 Å². The van der Waals surface area contributed by atoms with Crippen LogP contribution in [0.2, 0.25) is 0 Å². The normalized spacial score (nSPS) is 14.4. The molecular weight excluding hydrogens is 362 g/mol. The summed E-state index contributed by atoms with van der Waals surface area (Å²) >= 11 is 0. The molecule has 0 unspecified atom stereocenters. The van der Waals surface area contributed by atoms with Crippen molar-refractivity contribution in [3.63, 3.8) is 0 Å². The zero-order valence-corrected chi connectivity index (χ0v) is 16.4. The van der Waals surface area contributed by atoms with Crippen molar-refractivity contribution in [1.82, 2.24) is 10.0 Å². The number of carbonyl (C=O) groups is 1. The molecular formula is C17H28ClN3O3S. The van der Waals surface area contributed by atoms with Crippen molar-refractivity contribution in [2.24, 2.45) is 5.73 Å². The first-order valence-electron chi connectivity index (χ1n) is 8.36. The molecule has 0 aliphatic heterocycles. The lowest BCUT2D eigenvalue weighted by Gasteiger charge is -2.24. The van der Waals surface area contributed by atoms with E-state index < -0.39 is 15.6 Å². The number of halogens is 1. The maximum atomic E-state index is 12.4. The average Bonchev–Trinajstić information content (AvgIpc) is 2.53. The maximum absolute atomic E-state index is 12.4. The molecule has 0 spiro atoms. The molecule has 0 aromatic heterocycles. The van der Waals surface area contributed by atoms with Gasteiger partial charge in [0.2, 0.25) is 15.9 Å². The fraction of sp³-hybridized carbons (Fsp3) is 0.588. The number of nitrogens with one attached hydrogen (secondary N) is 2. The third-order valence-electron chi connectivity index (χ3n) is 4.26. The number of carbonyl (C=O) groups excluding carboxylic acids is 1. The van der Waals surface area contributed by atoms with Crippen LogP contribution in [0, 0.1) is 0 Å². The molecule has 0 heterocycles. The second-order valence-electron chi connectivity index (χ2n) is 6.92. The third-order valence-corrected chi connectivity index (χ3v) is 5.72. The SMILES string of the molecule is CC(C)(CN)NC(=O)CCNS(=O)(=O)c1ccc2c(c1)CCCC2.Cl. The highest BCUT2D eigenvalue weighted by Gasteiger charge is 2.20. The van der Waals surface area contributed by atoms with Gasteiger partial charge in [-0.15, -0.1) is 12.4 Å². The number of amides is 1. The molecule has 0 atom stereocenters. The largest absolute Gasteiger partial charge is 0.350 e. The van der Waals surface area contributed by atoms with Crippen molar-refractivity contribution >= 4 is 28.3 Å². The van der Waals surface area contributed by atoms with Crippen molar-refractivity contribution in [1.29, 1.82) is 0 Å². The monoisotopic (exact) mass is 389 g/mol. The lowest BCUT2D eigenvalue weighted by Crippen LogP contribution is -2.49. The Morgan fingerprint density at radius 2 is 1.84 bits per heavy atom. The Kier molecular flexibility index (Phi) is 7.87. The van der Waals surface area contributed by atoms with Gasteiger partial charge in [0.1, 0.15) is 0 Å². The van der Waals surface area contributed by atoms with Gasteiger partial charge >= 0.3 is 0 Å². The number of fused-ring (bicyclic) bond motifs is 1. The Labute approximate surface area is 156 Å². The number of nitrogens with two attached hydrogens (primary N) is 1. The van der Waals surface area contributed by atoms with Gasteiger partial charge in [0, 0.05) is 25.0 Å². The highest BCUT2D eigenvalue weighted by molar-refractivity contribution is 7.89. The molecule has 25 heavy (non-hydrogen) atoms. The highest BCUT2D eigenvalue weighted by Crippen LogP contribution is 2.23. The van der Waals surface area contributed by atoms with E-state index >= 15 is 0 Å². The van der Waals surface area contributed by atoms with E-state index in [-0.39, 0.29) is 36.2 Å². The van der Waals surface area contributed by atoms with Crippen LogP contribution in [0.5, 0.6) is 0 Å². The standard InChI is InChI=1S/C17H27N3O3S.ClH/c1-17(2,12-18)20-16(21)9-10-19-24(22,23)15-8-7-13-5-3-4-6-14(13)11-15;/h7-8,11,19H,3-6,9-10,12,18H2,1-2H3,(H,20,21);1H. The Hall–Kier alpha value is -1.15. The first-order chi connectivity index (χ1) is 11.2. The van der Waals surface area contributed by atoms with Gasteiger partial charge in [-0.05, 0) is 62.8 Å². The Bertz CT molecular complexity index is 705. The van der Waals surface area contributed by atoms with Crippen molar-refractivity contribution in [3.05, 3.63) is 29.3 Å². The van der Waals surface area contributed by atoms with Gasteiger partial charge in [-0.2, -0.15) is 0 Å². The van der Waals surface area contributed by atoms with Crippen molar-refractivity contribution in [3.8, 4) is 0 Å². The zero-order valence-electron chi connectivity index (χ0n) is 14.8. The molecule has 0 fully saturated rings. The first-order valence-corrected chi connectivity index (χ1v) is 9.84. The van der Waals surface area contributed by atoms with Crippen molar-refractivity contribution < 1.29 is 13.2 Å². The molecule has 1 aliphatic carbocycles. The van der Waals surface area contributed by atoms with Gasteiger partial charge in [0.15, 0.2) is 0 Å². The smallest absolute Gasteiger partial charge is 0.240 e. The lowest BCUT2D eigenvalue weighted by atomic mass is 9.92. The second kappa shape index (κ2) is 8.98. The number of hydrogen-bond acceptors (Lipinski definition) is 4. The van der Waals surface area contributed by atoms with Crippen LogP contribution >= 0.6 is 12.4 Å². The molecule has 8 heteroatoms. The van der Waals surface area contributed by atoms with Crippen LogP contribution in [-0.4, -0.2) is 33.0 Å². The molecule has 0 bridgehead atoms. The minimum atomic E-state index is -3.59. The summed E-state index contributed by atoms with van der Waals surface area (Å²) in [6.07, 6.45) is 4.27. The average molecular weight is 390 g/mol. The molecule has 4 N–H and O–H groups in total. The van der Waals surface area contributed by atoms with Crippen LogP contribution in [-0.2, 0) is 27.7 Å². The predicted octanol–water partition coefficient (Wildman–Crippen LogP) is 1.51. The Morgan fingerprint density at radius 3 is 2.48 bits per heavy atom. The molecule has 2 rings (SSSR count). The summed E-state index contributed by atoms with van der Waals surface area (Å²) in [5.41, 5.74) is 7.42. The molecule has 1 aromatic carbocycles. The van der Waals surface area contributed by atoms with E-state index in [2.05, 4.69) is 10.0 Å². The van der Waals surface area contributed by atoms with Crippen LogP contribution < -0.4 is 15.8 Å². The summed E-state index contributed by atoms with van der Waals surface area (Å²) in [6.45, 7) is 4.02. The van der Waals surface area contributed by atoms with Crippen molar-refractivity contribution in [2.45, 2.75) is 56.4 Å². The number of hydrogen-bond donors (Lipinski definition) is 3. The minimum Gasteiger partial charge on any atom is -0.350 e. The summed E-state index contributed by atoms with van der Waals surface area (Å²) in [7, 11) is -3.59. The predicted molar refractivity (Wildman–Crippen MR) is 101 cm³/mol. The molecule has 6 nitrogen and oxygen atoms in total. The molecule has 1 aromatic rings. The quantitative estimate of drug-likeness (QED) is 0.657. The molecule has 142 valence electrons. The van der Waals surface area contributed by atoms with Crippen LogP contribution in [0.4, 0.5) is 0 Å². The number of benzene rings is 1. The molecule has 1 aliphatic rings. The summed E-state index contributed by atoms with van der Waals surface area (Å²) in [6, 6.07) is 5.30. The Morgan fingerprint density at radius 1 is 1.20 bits per heavy atom. The van der Waals surface area contributed by atoms with E-state index in [1.165, 1.54) is 5.56 Å². The number of aryl methyl sites for hydroxylation is 2. The van der Waals surface area contributed by atoms with Crippen LogP contribution in [0.25, 0.3) is 0 Å². The summed E-state index contributed by atoms with van der Waals surface area (Å²) in [5.74, 6) is -0.224. The minimum absolute atomic E-state index is 0. The van der Waals surface area contributed by atoms with Gasteiger partial charge in [-0.3, -0.25) is 4.79 Å². The Balaban J connectivity index is 0.00000312. The topological polar surface area (TPSA) is 101 Å². The maximum Gasteiger partial charge on any atom is 0.240 e. The van der Waals surface area contributed by atoms with Gasteiger partial charge < -0.3 is 11.1 Å². The van der Waals surface area contributed by atoms with Crippen molar-refractivity contribution in [2.75, 3.05) is 13.1 Å². The van der Waals surface area contributed by atoms with E-state index in [0.717, 1.165) is 31.2 Å². The first kappa shape index (κ1) is 21.9. The summed E-state index contributed by atoms with van der Waals surface area (Å²) in [4.78, 5) is 12.1. The third kappa shape index (κ3) is 6.26. The number of sulfonamides is 1. The van der Waals surface area contributed by atoms with E-state index in [4.69, 9.17) is 5.73 Å². The van der Waals surface area contributed by atoms with Gasteiger partial charge in [0.05, 0.1) is 4.90 Å². The van der Waals surface area contributed by atoms with Gasteiger partial charge in [-0.1, -0.05) is 6.07 Å². The molecule has 0 saturated carbocycles. The van der Waals surface area contributed by atoms with Gasteiger partial charge in [-0.25, -0.2) is 13.1 Å². The zero-order chi connectivity index (χ0) is 17.8. The second-order valence-corrected chi connectivity index (χ2v) is 8.69. The number of rotatable bonds is 7. The summed E-state index contributed by atoms with van der Waals surface area (Å²) < 4.78 is 27.3. The highest BCUT2D eigenvalue weighted by atomic mass is 35.5. The van der Waals surface area contributed by atoms with Crippen LogP contribution in [0.15, 0.2) is 23.1 Å². The van der Waals surface area contributed by atoms with Crippen LogP contribution in [0.3, 0.4) is 0 Å². The van der Waals surface area contributed by atoms with E-state index in [1.54, 1.807) is 12.1 Å². The van der Waals surface area contributed by atoms with E-state index in [0.29, 0.717) is 6.54 Å². The molecule has 0 radical (unpaired) electrons. The molecule has 0 saturated heterocycles. The van der Waals surface area contributed by atoms with E-state index in [1.807, 2.05) is 19.9 Å².